The summed E-state index contributed by atoms with van der Waals surface area (Å²) in [4.78, 5) is 24.2. The summed E-state index contributed by atoms with van der Waals surface area (Å²) in [6, 6.07) is 16.2. The second-order valence-corrected chi connectivity index (χ2v) is 5.76. The summed E-state index contributed by atoms with van der Waals surface area (Å²) >= 11 is 6.87. The second-order valence-electron chi connectivity index (χ2n) is 4.75. The second kappa shape index (κ2) is 8.14. The number of ketones is 1. The highest BCUT2D eigenvalue weighted by atomic mass is 127. The van der Waals surface area contributed by atoms with Crippen LogP contribution in [-0.4, -0.2) is 16.6 Å². The molecule has 0 unspecified atom stereocenters. The van der Waals surface area contributed by atoms with Crippen LogP contribution in [0.2, 0.25) is 0 Å². The van der Waals surface area contributed by atoms with E-state index < -0.39 is 5.97 Å². The third-order valence-corrected chi connectivity index (χ3v) is 3.78. The summed E-state index contributed by atoms with van der Waals surface area (Å²) in [5.74, 6) is -0.387. The topological polar surface area (TPSA) is 43.4 Å². The lowest BCUT2D eigenvalue weighted by molar-refractivity contribution is 0.0799. The summed E-state index contributed by atoms with van der Waals surface area (Å²) < 4.78 is 4.66. The van der Waals surface area contributed by atoms with Crippen LogP contribution in [-0.2, 0) is 9.49 Å². The maximum Gasteiger partial charge on any atom is 0.347 e. The van der Waals surface area contributed by atoms with Crippen molar-refractivity contribution in [3.63, 3.8) is 0 Å². The molecule has 0 saturated heterocycles. The minimum Gasteiger partial charge on any atom is -0.391 e. The fourth-order valence-electron chi connectivity index (χ4n) is 2.05. The van der Waals surface area contributed by atoms with Gasteiger partial charge in [0.1, 0.15) is 0 Å². The molecule has 0 aliphatic rings. The predicted octanol–water partition coefficient (Wildman–Crippen LogP) is 4.38. The van der Waals surface area contributed by atoms with E-state index in [-0.39, 0.29) is 12.2 Å². The van der Waals surface area contributed by atoms with Gasteiger partial charge in [-0.15, -0.1) is 0 Å². The van der Waals surface area contributed by atoms with Gasteiger partial charge in [-0.3, -0.25) is 4.79 Å². The van der Waals surface area contributed by atoms with E-state index in [1.54, 1.807) is 53.3 Å². The highest BCUT2D eigenvalue weighted by molar-refractivity contribution is 14.1. The molecule has 0 aromatic heterocycles. The molecule has 3 nitrogen and oxygen atoms in total. The molecule has 0 spiro atoms. The molecule has 0 heterocycles. The van der Waals surface area contributed by atoms with Gasteiger partial charge in [0.2, 0.25) is 0 Å². The molecular weight excluding hydrogens is 411 g/mol. The molecule has 2 aromatic rings. The Morgan fingerprint density at radius 2 is 1.68 bits per heavy atom. The molecule has 0 aliphatic carbocycles. The zero-order valence-corrected chi connectivity index (χ0v) is 14.6. The van der Waals surface area contributed by atoms with Crippen LogP contribution < -0.4 is 0 Å². The van der Waals surface area contributed by atoms with Gasteiger partial charge < -0.3 is 3.07 Å². The van der Waals surface area contributed by atoms with Crippen molar-refractivity contribution < 1.29 is 12.7 Å². The Balaban J connectivity index is 2.00. The lowest BCUT2D eigenvalue weighted by Crippen LogP contribution is -2.09. The third kappa shape index (κ3) is 4.71. The van der Waals surface area contributed by atoms with Crippen molar-refractivity contribution in [3.05, 3.63) is 71.3 Å². The minimum atomic E-state index is -0.395. The highest BCUT2D eigenvalue weighted by Gasteiger charge is 2.11. The molecule has 0 fully saturated rings. The molecule has 22 heavy (non-hydrogen) atoms. The number of carbonyl (C=O) groups excluding carboxylic acids is 2. The van der Waals surface area contributed by atoms with E-state index in [0.29, 0.717) is 22.4 Å². The van der Waals surface area contributed by atoms with E-state index in [9.17, 15) is 9.59 Å². The molecule has 112 valence electrons. The van der Waals surface area contributed by atoms with Crippen molar-refractivity contribution in [1.82, 2.24) is 0 Å². The minimum absolute atomic E-state index is 0.00780. The number of hydrogen-bond donors (Lipinski definition) is 0. The van der Waals surface area contributed by atoms with Crippen LogP contribution in [0, 0.1) is 0 Å². The molecule has 0 N–H and O–H groups in total. The average Bonchev–Trinajstić information content (AvgIpc) is 2.55. The molecule has 0 atom stereocenters. The van der Waals surface area contributed by atoms with E-state index in [1.807, 2.05) is 24.3 Å². The van der Waals surface area contributed by atoms with Crippen molar-refractivity contribution >= 4 is 51.8 Å². The van der Waals surface area contributed by atoms with Crippen molar-refractivity contribution in [3.8, 4) is 0 Å². The zero-order chi connectivity index (χ0) is 15.9. The number of halogens is 1. The molecule has 0 amide bonds. The first-order valence-electron chi connectivity index (χ1n) is 6.62. The Labute approximate surface area is 148 Å². The molecule has 5 heteroatoms. The maximum absolute atomic E-state index is 12.1. The third-order valence-electron chi connectivity index (χ3n) is 3.09. The highest BCUT2D eigenvalue weighted by Crippen LogP contribution is 2.12. The van der Waals surface area contributed by atoms with Gasteiger partial charge in [-0.2, -0.15) is 0 Å². The van der Waals surface area contributed by atoms with E-state index in [0.717, 1.165) is 5.56 Å². The molecule has 0 bridgehead atoms. The van der Waals surface area contributed by atoms with Crippen LogP contribution in [0.3, 0.4) is 0 Å². The predicted molar refractivity (Wildman–Crippen MR) is 97.6 cm³/mol. The SMILES string of the molecule is O=C(CC(=S)Cc1cccc(C(=O)OI)c1)c1ccccc1. The van der Waals surface area contributed by atoms with Gasteiger partial charge in [0, 0.05) is 23.3 Å². The molecule has 2 rings (SSSR count). The first kappa shape index (κ1) is 16.8. The number of benzene rings is 2. The van der Waals surface area contributed by atoms with E-state index >= 15 is 0 Å². The van der Waals surface area contributed by atoms with Crippen LogP contribution in [0.1, 0.15) is 32.7 Å². The van der Waals surface area contributed by atoms with E-state index in [2.05, 4.69) is 3.07 Å². The number of hydrogen-bond acceptors (Lipinski definition) is 4. The number of carbonyl (C=O) groups is 2. The van der Waals surface area contributed by atoms with Gasteiger partial charge in [-0.1, -0.05) is 54.7 Å². The fourth-order valence-corrected chi connectivity index (χ4v) is 2.60. The summed E-state index contributed by atoms with van der Waals surface area (Å²) in [6.07, 6.45) is 0.705. The number of thiocarbonyl (C=S) groups is 1. The summed E-state index contributed by atoms with van der Waals surface area (Å²) in [7, 11) is 0. The van der Waals surface area contributed by atoms with Crippen LogP contribution in [0.5, 0.6) is 0 Å². The maximum atomic E-state index is 12.1. The largest absolute Gasteiger partial charge is 0.391 e. The first-order valence-corrected chi connectivity index (χ1v) is 7.91. The number of Topliss-reactive ketones (excluding diaryl/α,β-unsaturated/α-hetero) is 1. The van der Waals surface area contributed by atoms with Crippen LogP contribution in [0.25, 0.3) is 0 Å². The Morgan fingerprint density at radius 1 is 1.00 bits per heavy atom. The van der Waals surface area contributed by atoms with Crippen LogP contribution in [0.4, 0.5) is 0 Å². The smallest absolute Gasteiger partial charge is 0.347 e. The van der Waals surface area contributed by atoms with Crippen LogP contribution in [0.15, 0.2) is 54.6 Å². The summed E-state index contributed by atoms with van der Waals surface area (Å²) in [6.45, 7) is 0. The Bertz CT molecular complexity index is 698. The number of rotatable bonds is 6. The molecule has 0 saturated carbocycles. The van der Waals surface area contributed by atoms with Crippen molar-refractivity contribution in [2.75, 3.05) is 0 Å². The molecular formula is C17H13IO3S. The van der Waals surface area contributed by atoms with Crippen molar-refractivity contribution in [1.29, 1.82) is 0 Å². The quantitative estimate of drug-likeness (QED) is 0.392. The zero-order valence-electron chi connectivity index (χ0n) is 11.6. The standard InChI is InChI=1S/C17H13IO3S/c18-21-17(20)14-8-4-5-12(9-14)10-15(22)11-16(19)13-6-2-1-3-7-13/h1-9H,10-11H2. The van der Waals surface area contributed by atoms with Gasteiger partial charge in [0.15, 0.2) is 28.8 Å². The Hall–Kier alpha value is -1.60. The van der Waals surface area contributed by atoms with E-state index in [4.69, 9.17) is 12.2 Å². The van der Waals surface area contributed by atoms with Gasteiger partial charge in [-0.25, -0.2) is 4.79 Å². The molecule has 2 aromatic carbocycles. The first-order chi connectivity index (χ1) is 10.6. The van der Waals surface area contributed by atoms with Gasteiger partial charge in [0.05, 0.1) is 5.56 Å². The van der Waals surface area contributed by atoms with Crippen LogP contribution >= 0.6 is 35.2 Å². The average molecular weight is 424 g/mol. The van der Waals surface area contributed by atoms with Gasteiger partial charge in [-0.05, 0) is 17.7 Å². The van der Waals surface area contributed by atoms with Gasteiger partial charge in [0.25, 0.3) is 0 Å². The molecule has 0 aliphatic heterocycles. The normalized spacial score (nSPS) is 10.0. The van der Waals surface area contributed by atoms with Gasteiger partial charge >= 0.3 is 5.97 Å². The fraction of sp³-hybridized carbons (Fsp3) is 0.118. The summed E-state index contributed by atoms with van der Waals surface area (Å²) in [5, 5.41) is 0. The van der Waals surface area contributed by atoms with Crippen molar-refractivity contribution in [2.45, 2.75) is 12.8 Å². The summed E-state index contributed by atoms with van der Waals surface area (Å²) in [5.41, 5.74) is 2.03. The Morgan fingerprint density at radius 3 is 2.36 bits per heavy atom. The lowest BCUT2D eigenvalue weighted by atomic mass is 10.0. The monoisotopic (exact) mass is 424 g/mol. The Kier molecular flexibility index (Phi) is 6.21. The lowest BCUT2D eigenvalue weighted by Gasteiger charge is -2.05. The molecule has 0 radical (unpaired) electrons. The van der Waals surface area contributed by atoms with Crippen molar-refractivity contribution in [2.24, 2.45) is 0 Å². The van der Waals surface area contributed by atoms with E-state index in [1.165, 1.54) is 0 Å².